The average molecular weight is 322 g/mol. The molecule has 0 fully saturated rings. The molecule has 0 unspecified atom stereocenters. The Morgan fingerprint density at radius 2 is 2.12 bits per heavy atom. The first-order chi connectivity index (χ1) is 11.5. The number of amides is 1. The zero-order valence-corrected chi connectivity index (χ0v) is 13.4. The SMILES string of the molecule is Cc1nc(C#N)c(N(C)C(=O)c2cncc(-c3cnn(C)c3)c2)o1. The van der Waals surface area contributed by atoms with E-state index in [0.29, 0.717) is 11.5 Å². The fraction of sp³-hybridized carbons (Fsp3) is 0.188. The monoisotopic (exact) mass is 322 g/mol. The standard InChI is InChI=1S/C16H14N6O2/c1-10-20-14(5-17)16(24-10)22(3)15(23)12-4-11(6-18-7-12)13-8-19-21(2)9-13/h4,6-9H,1-3H3. The van der Waals surface area contributed by atoms with Crippen molar-refractivity contribution in [1.29, 1.82) is 5.26 Å². The summed E-state index contributed by atoms with van der Waals surface area (Å²) >= 11 is 0. The van der Waals surface area contributed by atoms with E-state index in [4.69, 9.17) is 9.68 Å². The first-order valence-corrected chi connectivity index (χ1v) is 7.09. The Hall–Kier alpha value is -3.47. The lowest BCUT2D eigenvalue weighted by Gasteiger charge is -2.14. The summed E-state index contributed by atoms with van der Waals surface area (Å²) in [5.41, 5.74) is 2.07. The van der Waals surface area contributed by atoms with Gasteiger partial charge in [0.2, 0.25) is 11.6 Å². The minimum absolute atomic E-state index is 0.0692. The van der Waals surface area contributed by atoms with E-state index < -0.39 is 0 Å². The Balaban J connectivity index is 1.94. The fourth-order valence-corrected chi connectivity index (χ4v) is 2.29. The van der Waals surface area contributed by atoms with Crippen molar-refractivity contribution in [1.82, 2.24) is 19.7 Å². The second-order valence-corrected chi connectivity index (χ2v) is 5.23. The van der Waals surface area contributed by atoms with Crippen LogP contribution in [0.25, 0.3) is 11.1 Å². The zero-order valence-electron chi connectivity index (χ0n) is 13.4. The molecule has 0 saturated heterocycles. The van der Waals surface area contributed by atoms with E-state index in [1.165, 1.54) is 18.1 Å². The van der Waals surface area contributed by atoms with E-state index in [1.54, 1.807) is 30.1 Å². The van der Waals surface area contributed by atoms with Crippen LogP contribution < -0.4 is 4.90 Å². The summed E-state index contributed by atoms with van der Waals surface area (Å²) in [4.78, 5) is 22.0. The molecule has 0 aliphatic carbocycles. The number of aromatic nitrogens is 4. The van der Waals surface area contributed by atoms with Gasteiger partial charge in [-0.25, -0.2) is 4.98 Å². The molecular formula is C16H14N6O2. The molecule has 3 heterocycles. The van der Waals surface area contributed by atoms with Crippen molar-refractivity contribution < 1.29 is 9.21 Å². The first-order valence-electron chi connectivity index (χ1n) is 7.09. The van der Waals surface area contributed by atoms with Crippen LogP contribution in [-0.4, -0.2) is 32.7 Å². The Kier molecular flexibility index (Phi) is 3.83. The molecular weight excluding hydrogens is 308 g/mol. The molecule has 0 saturated carbocycles. The normalized spacial score (nSPS) is 10.4. The Labute approximate surface area is 138 Å². The van der Waals surface area contributed by atoms with Crippen LogP contribution in [0.5, 0.6) is 0 Å². The summed E-state index contributed by atoms with van der Waals surface area (Å²) in [7, 11) is 3.34. The van der Waals surface area contributed by atoms with Crippen molar-refractivity contribution in [2.45, 2.75) is 6.92 Å². The summed E-state index contributed by atoms with van der Waals surface area (Å²) in [6.45, 7) is 1.62. The van der Waals surface area contributed by atoms with Gasteiger partial charge in [0.15, 0.2) is 5.89 Å². The van der Waals surface area contributed by atoms with Gasteiger partial charge in [-0.3, -0.25) is 19.4 Å². The van der Waals surface area contributed by atoms with Crippen LogP contribution in [0.4, 0.5) is 5.88 Å². The van der Waals surface area contributed by atoms with Gasteiger partial charge >= 0.3 is 0 Å². The number of anilines is 1. The van der Waals surface area contributed by atoms with Gasteiger partial charge in [0, 0.05) is 50.7 Å². The molecule has 3 aromatic rings. The van der Waals surface area contributed by atoms with Crippen molar-refractivity contribution in [2.75, 3.05) is 11.9 Å². The van der Waals surface area contributed by atoms with Gasteiger partial charge in [-0.2, -0.15) is 10.4 Å². The van der Waals surface area contributed by atoms with E-state index in [0.717, 1.165) is 11.1 Å². The largest absolute Gasteiger partial charge is 0.423 e. The van der Waals surface area contributed by atoms with Gasteiger partial charge in [-0.05, 0) is 6.07 Å². The second-order valence-electron chi connectivity index (χ2n) is 5.23. The second kappa shape index (κ2) is 5.96. The van der Waals surface area contributed by atoms with Crippen LogP contribution in [0, 0.1) is 18.3 Å². The van der Waals surface area contributed by atoms with Crippen LogP contribution in [0.2, 0.25) is 0 Å². The molecule has 8 heteroatoms. The number of carbonyl (C=O) groups excluding carboxylic acids is 1. The number of hydrogen-bond donors (Lipinski definition) is 0. The fourth-order valence-electron chi connectivity index (χ4n) is 2.29. The maximum Gasteiger partial charge on any atom is 0.261 e. The van der Waals surface area contributed by atoms with E-state index >= 15 is 0 Å². The summed E-state index contributed by atoms with van der Waals surface area (Å²) in [5.74, 6) is 0.0936. The zero-order chi connectivity index (χ0) is 17.3. The number of pyridine rings is 1. The Bertz CT molecular complexity index is 950. The smallest absolute Gasteiger partial charge is 0.261 e. The first kappa shape index (κ1) is 15.4. The van der Waals surface area contributed by atoms with E-state index in [-0.39, 0.29) is 17.5 Å². The van der Waals surface area contributed by atoms with E-state index in [2.05, 4.69) is 15.1 Å². The lowest BCUT2D eigenvalue weighted by molar-refractivity contribution is 0.0988. The highest BCUT2D eigenvalue weighted by Crippen LogP contribution is 2.23. The number of aryl methyl sites for hydroxylation is 2. The Morgan fingerprint density at radius 3 is 2.79 bits per heavy atom. The molecule has 0 bridgehead atoms. The summed E-state index contributed by atoms with van der Waals surface area (Å²) in [5, 5.41) is 13.2. The maximum absolute atomic E-state index is 12.7. The van der Waals surface area contributed by atoms with Crippen LogP contribution >= 0.6 is 0 Å². The number of nitrogens with zero attached hydrogens (tertiary/aromatic N) is 6. The summed E-state index contributed by atoms with van der Waals surface area (Å²) in [6.07, 6.45) is 6.66. The molecule has 120 valence electrons. The minimum Gasteiger partial charge on any atom is -0.423 e. The molecule has 3 aromatic heterocycles. The van der Waals surface area contributed by atoms with Gasteiger partial charge in [0.1, 0.15) is 6.07 Å². The van der Waals surface area contributed by atoms with Crippen molar-refractivity contribution >= 4 is 11.8 Å². The van der Waals surface area contributed by atoms with Crippen LogP contribution in [0.3, 0.4) is 0 Å². The van der Waals surface area contributed by atoms with Crippen molar-refractivity contribution in [3.63, 3.8) is 0 Å². The molecule has 0 aromatic carbocycles. The van der Waals surface area contributed by atoms with E-state index in [1.807, 2.05) is 19.3 Å². The lowest BCUT2D eigenvalue weighted by Crippen LogP contribution is -2.26. The third-order valence-electron chi connectivity index (χ3n) is 3.45. The van der Waals surface area contributed by atoms with Crippen molar-refractivity contribution in [3.05, 3.63) is 48.0 Å². The number of oxazole rings is 1. The molecule has 3 rings (SSSR count). The third-order valence-corrected chi connectivity index (χ3v) is 3.45. The molecule has 0 aliphatic rings. The van der Waals surface area contributed by atoms with Crippen LogP contribution in [0.15, 0.2) is 35.3 Å². The lowest BCUT2D eigenvalue weighted by atomic mass is 10.1. The van der Waals surface area contributed by atoms with Gasteiger partial charge in [0.25, 0.3) is 5.91 Å². The molecule has 24 heavy (non-hydrogen) atoms. The van der Waals surface area contributed by atoms with Crippen LogP contribution in [-0.2, 0) is 7.05 Å². The molecule has 0 spiro atoms. The highest BCUT2D eigenvalue weighted by molar-refractivity contribution is 6.05. The number of nitriles is 1. The molecule has 1 amide bonds. The van der Waals surface area contributed by atoms with Gasteiger partial charge in [-0.1, -0.05) is 0 Å². The third kappa shape index (κ3) is 2.75. The number of carbonyl (C=O) groups is 1. The predicted octanol–water partition coefficient (Wildman–Crippen LogP) is 1.93. The average Bonchev–Trinajstić information content (AvgIpc) is 3.19. The molecule has 0 radical (unpaired) electrons. The molecule has 0 N–H and O–H groups in total. The maximum atomic E-state index is 12.7. The summed E-state index contributed by atoms with van der Waals surface area (Å²) < 4.78 is 7.04. The topological polar surface area (TPSA) is 101 Å². The van der Waals surface area contributed by atoms with Crippen molar-refractivity contribution in [3.8, 4) is 17.2 Å². The highest BCUT2D eigenvalue weighted by Gasteiger charge is 2.22. The van der Waals surface area contributed by atoms with Gasteiger partial charge in [0.05, 0.1) is 11.8 Å². The minimum atomic E-state index is -0.346. The van der Waals surface area contributed by atoms with Crippen LogP contribution in [0.1, 0.15) is 21.9 Å². The summed E-state index contributed by atoms with van der Waals surface area (Å²) in [6, 6.07) is 3.64. The number of hydrogen-bond acceptors (Lipinski definition) is 6. The number of rotatable bonds is 3. The quantitative estimate of drug-likeness (QED) is 0.730. The predicted molar refractivity (Wildman–Crippen MR) is 85.1 cm³/mol. The van der Waals surface area contributed by atoms with Crippen molar-refractivity contribution in [2.24, 2.45) is 7.05 Å². The molecule has 0 atom stereocenters. The van der Waals surface area contributed by atoms with Gasteiger partial charge < -0.3 is 4.42 Å². The molecule has 0 aliphatic heterocycles. The Morgan fingerprint density at radius 1 is 1.33 bits per heavy atom. The highest BCUT2D eigenvalue weighted by atomic mass is 16.4. The van der Waals surface area contributed by atoms with E-state index in [9.17, 15) is 4.79 Å². The molecule has 8 nitrogen and oxygen atoms in total. The van der Waals surface area contributed by atoms with Gasteiger partial charge in [-0.15, -0.1) is 0 Å².